The van der Waals surface area contributed by atoms with E-state index in [1.807, 2.05) is 0 Å². The molecule has 16 heavy (non-hydrogen) atoms. The zero-order chi connectivity index (χ0) is 11.4. The number of nitrogens with one attached hydrogen (secondary N) is 1. The van der Waals surface area contributed by atoms with Crippen LogP contribution in [0.2, 0.25) is 0 Å². The highest BCUT2D eigenvalue weighted by atomic mass is 16.5. The van der Waals surface area contributed by atoms with Gasteiger partial charge in [-0.1, -0.05) is 12.1 Å². The van der Waals surface area contributed by atoms with Crippen molar-refractivity contribution in [3.63, 3.8) is 0 Å². The summed E-state index contributed by atoms with van der Waals surface area (Å²) >= 11 is 0. The van der Waals surface area contributed by atoms with Gasteiger partial charge in [0.2, 0.25) is 0 Å². The summed E-state index contributed by atoms with van der Waals surface area (Å²) in [5.74, 6) is 0.675. The number of benzene rings is 1. The van der Waals surface area contributed by atoms with E-state index in [1.165, 1.54) is 29.7 Å². The Hall–Kier alpha value is -1.02. The van der Waals surface area contributed by atoms with E-state index in [4.69, 9.17) is 4.74 Å². The minimum atomic E-state index is 0.675. The van der Waals surface area contributed by atoms with Crippen LogP contribution in [0.1, 0.15) is 24.0 Å². The molecule has 0 aromatic heterocycles. The number of rotatable bonds is 3. The van der Waals surface area contributed by atoms with Crippen LogP contribution >= 0.6 is 0 Å². The third-order valence-corrected chi connectivity index (χ3v) is 3.23. The van der Waals surface area contributed by atoms with E-state index in [1.54, 1.807) is 0 Å². The second kappa shape index (κ2) is 5.35. The van der Waals surface area contributed by atoms with Crippen molar-refractivity contribution in [3.05, 3.63) is 29.3 Å². The average Bonchev–Trinajstić information content (AvgIpc) is 2.32. The molecule has 1 aliphatic rings. The van der Waals surface area contributed by atoms with Gasteiger partial charge < -0.3 is 10.1 Å². The summed E-state index contributed by atoms with van der Waals surface area (Å²) in [5.41, 5.74) is 3.90. The van der Waals surface area contributed by atoms with E-state index < -0.39 is 0 Å². The lowest BCUT2D eigenvalue weighted by Gasteiger charge is -2.23. The molecule has 1 saturated heterocycles. The molecular weight excluding hydrogens is 198 g/mol. The Morgan fingerprint density at radius 1 is 1.38 bits per heavy atom. The van der Waals surface area contributed by atoms with E-state index in [9.17, 15) is 0 Å². The fraction of sp³-hybridized carbons (Fsp3) is 0.571. The van der Waals surface area contributed by atoms with Crippen LogP contribution in [0.5, 0.6) is 0 Å². The summed E-state index contributed by atoms with van der Waals surface area (Å²) in [6.45, 7) is 7.18. The Bertz CT molecular complexity index is 343. The molecule has 0 amide bonds. The summed E-state index contributed by atoms with van der Waals surface area (Å²) in [4.78, 5) is 0. The van der Waals surface area contributed by atoms with E-state index in [0.29, 0.717) is 5.92 Å². The number of anilines is 1. The summed E-state index contributed by atoms with van der Waals surface area (Å²) in [7, 11) is 0. The van der Waals surface area contributed by atoms with E-state index in [0.717, 1.165) is 19.8 Å². The number of aryl methyl sites for hydroxylation is 2. The lowest BCUT2D eigenvalue weighted by molar-refractivity contribution is 0.0595. The molecule has 0 saturated carbocycles. The predicted octanol–water partition coefficient (Wildman–Crippen LogP) is 3.14. The molecule has 1 heterocycles. The van der Waals surface area contributed by atoms with Gasteiger partial charge >= 0.3 is 0 Å². The van der Waals surface area contributed by atoms with Crippen molar-refractivity contribution in [2.24, 2.45) is 5.92 Å². The minimum absolute atomic E-state index is 0.675. The van der Waals surface area contributed by atoms with Crippen LogP contribution in [0.3, 0.4) is 0 Å². The summed E-state index contributed by atoms with van der Waals surface area (Å²) in [5, 5.41) is 3.54. The van der Waals surface area contributed by atoms with Crippen molar-refractivity contribution in [3.8, 4) is 0 Å². The van der Waals surface area contributed by atoms with Crippen molar-refractivity contribution in [1.29, 1.82) is 0 Å². The van der Waals surface area contributed by atoms with Crippen LogP contribution in [0, 0.1) is 19.8 Å². The fourth-order valence-electron chi connectivity index (χ4n) is 2.15. The van der Waals surface area contributed by atoms with Gasteiger partial charge in [0.25, 0.3) is 0 Å². The Kier molecular flexibility index (Phi) is 3.83. The van der Waals surface area contributed by atoms with Crippen LogP contribution < -0.4 is 5.32 Å². The molecule has 1 aromatic carbocycles. The third kappa shape index (κ3) is 2.99. The van der Waals surface area contributed by atoms with E-state index in [2.05, 4.69) is 37.4 Å². The van der Waals surface area contributed by atoms with Crippen LogP contribution in [-0.4, -0.2) is 19.8 Å². The van der Waals surface area contributed by atoms with Gasteiger partial charge in [0, 0.05) is 18.8 Å². The standard InChI is InChI=1S/C14H21NO/c1-11-5-6-12(2)14(8-11)15-9-13-4-3-7-16-10-13/h5-6,8,13,15H,3-4,7,9-10H2,1-2H3. The quantitative estimate of drug-likeness (QED) is 0.843. The second-order valence-electron chi connectivity index (χ2n) is 4.78. The van der Waals surface area contributed by atoms with Gasteiger partial charge in [-0.3, -0.25) is 0 Å². The maximum absolute atomic E-state index is 5.48. The summed E-state index contributed by atoms with van der Waals surface area (Å²) < 4.78 is 5.48. The molecule has 2 nitrogen and oxygen atoms in total. The van der Waals surface area contributed by atoms with Crippen LogP contribution in [-0.2, 0) is 4.74 Å². The van der Waals surface area contributed by atoms with E-state index in [-0.39, 0.29) is 0 Å². The smallest absolute Gasteiger partial charge is 0.0511 e. The first-order chi connectivity index (χ1) is 7.75. The minimum Gasteiger partial charge on any atom is -0.384 e. The maximum atomic E-state index is 5.48. The highest BCUT2D eigenvalue weighted by Gasteiger charge is 2.13. The topological polar surface area (TPSA) is 21.3 Å². The van der Waals surface area contributed by atoms with Gasteiger partial charge in [-0.25, -0.2) is 0 Å². The van der Waals surface area contributed by atoms with Gasteiger partial charge in [-0.2, -0.15) is 0 Å². The molecule has 0 radical (unpaired) electrons. The van der Waals surface area contributed by atoms with Crippen molar-refractivity contribution in [2.45, 2.75) is 26.7 Å². The summed E-state index contributed by atoms with van der Waals surface area (Å²) in [6.07, 6.45) is 2.50. The molecule has 1 fully saturated rings. The molecule has 1 aromatic rings. The zero-order valence-corrected chi connectivity index (χ0v) is 10.3. The predicted molar refractivity (Wildman–Crippen MR) is 67.9 cm³/mol. The largest absolute Gasteiger partial charge is 0.384 e. The first kappa shape index (κ1) is 11.5. The fourth-order valence-corrected chi connectivity index (χ4v) is 2.15. The Morgan fingerprint density at radius 3 is 3.00 bits per heavy atom. The normalized spacial score (nSPS) is 20.8. The molecule has 0 spiro atoms. The third-order valence-electron chi connectivity index (χ3n) is 3.23. The molecule has 1 aliphatic heterocycles. The SMILES string of the molecule is Cc1ccc(C)c(NCC2CCCOC2)c1. The molecule has 0 aliphatic carbocycles. The Balaban J connectivity index is 1.90. The second-order valence-corrected chi connectivity index (χ2v) is 4.78. The molecule has 2 heteroatoms. The van der Waals surface area contributed by atoms with Crippen molar-refractivity contribution < 1.29 is 4.74 Å². The number of ether oxygens (including phenoxy) is 1. The molecule has 1 unspecified atom stereocenters. The summed E-state index contributed by atoms with van der Waals surface area (Å²) in [6, 6.07) is 6.55. The molecular formula is C14H21NO. The van der Waals surface area contributed by atoms with E-state index >= 15 is 0 Å². The highest BCUT2D eigenvalue weighted by molar-refractivity contribution is 5.52. The first-order valence-corrected chi connectivity index (χ1v) is 6.14. The number of hydrogen-bond acceptors (Lipinski definition) is 2. The van der Waals surface area contributed by atoms with Gasteiger partial charge in [0.15, 0.2) is 0 Å². The van der Waals surface area contributed by atoms with Gasteiger partial charge in [0.1, 0.15) is 0 Å². The Labute approximate surface area is 98.0 Å². The zero-order valence-electron chi connectivity index (χ0n) is 10.3. The Morgan fingerprint density at radius 2 is 2.25 bits per heavy atom. The molecule has 88 valence electrons. The van der Waals surface area contributed by atoms with Crippen LogP contribution in [0.25, 0.3) is 0 Å². The van der Waals surface area contributed by atoms with Gasteiger partial charge in [-0.05, 0) is 49.8 Å². The first-order valence-electron chi connectivity index (χ1n) is 6.14. The van der Waals surface area contributed by atoms with Crippen molar-refractivity contribution in [1.82, 2.24) is 0 Å². The maximum Gasteiger partial charge on any atom is 0.0511 e. The average molecular weight is 219 g/mol. The van der Waals surface area contributed by atoms with Crippen molar-refractivity contribution >= 4 is 5.69 Å². The lowest BCUT2D eigenvalue weighted by Crippen LogP contribution is -2.24. The molecule has 2 rings (SSSR count). The monoisotopic (exact) mass is 219 g/mol. The molecule has 0 bridgehead atoms. The number of hydrogen-bond donors (Lipinski definition) is 1. The van der Waals surface area contributed by atoms with Crippen LogP contribution in [0.4, 0.5) is 5.69 Å². The van der Waals surface area contributed by atoms with Crippen LogP contribution in [0.15, 0.2) is 18.2 Å². The van der Waals surface area contributed by atoms with Gasteiger partial charge in [0.05, 0.1) is 6.61 Å². The highest BCUT2D eigenvalue weighted by Crippen LogP contribution is 2.19. The van der Waals surface area contributed by atoms with Crippen molar-refractivity contribution in [2.75, 3.05) is 25.1 Å². The lowest BCUT2D eigenvalue weighted by atomic mass is 10.0. The van der Waals surface area contributed by atoms with Gasteiger partial charge in [-0.15, -0.1) is 0 Å². The molecule has 1 N–H and O–H groups in total. The molecule has 1 atom stereocenters.